The quantitative estimate of drug-likeness (QED) is 0.640. The first kappa shape index (κ1) is 17.7. The molecule has 0 saturated carbocycles. The molecule has 0 aliphatic rings. The topological polar surface area (TPSA) is 12.0 Å². The highest BCUT2D eigenvalue weighted by atomic mass is 32.2. The van der Waals surface area contributed by atoms with Gasteiger partial charge in [-0.25, -0.2) is 4.39 Å². The van der Waals surface area contributed by atoms with Gasteiger partial charge in [-0.05, 0) is 42.3 Å². The van der Waals surface area contributed by atoms with E-state index in [2.05, 4.69) is 42.7 Å². The van der Waals surface area contributed by atoms with Crippen LogP contribution in [0.25, 0.3) is 0 Å². The van der Waals surface area contributed by atoms with E-state index in [1.165, 1.54) is 23.4 Å². The number of likely N-dealkylation sites (N-methyl/N-ethyl adjacent to an activating group) is 1. The van der Waals surface area contributed by atoms with Gasteiger partial charge in [-0.3, -0.25) is 0 Å². The molecule has 120 valence electrons. The Hall–Kier alpha value is -1.65. The maximum Gasteiger partial charge on any atom is 0.124 e. The van der Waals surface area contributed by atoms with Gasteiger partial charge in [0.15, 0.2) is 0 Å². The molecule has 0 saturated heterocycles. The number of halogens is 1. The van der Waals surface area contributed by atoms with Gasteiger partial charge < -0.3 is 5.32 Å². The Balaban J connectivity index is 1.97. The molecule has 0 aliphatic carbocycles. The number of hydrogen-bond donors (Lipinski definition) is 1. The summed E-state index contributed by atoms with van der Waals surface area (Å²) >= 11 is 3.10. The molecule has 2 rings (SSSR count). The molecular formula is C19H20FNS2. The van der Waals surface area contributed by atoms with Crippen LogP contribution >= 0.6 is 23.5 Å². The van der Waals surface area contributed by atoms with Crippen molar-refractivity contribution in [3.8, 4) is 0 Å². The van der Waals surface area contributed by atoms with E-state index in [9.17, 15) is 4.39 Å². The average molecular weight is 346 g/mol. The smallest absolute Gasteiger partial charge is 0.124 e. The fourth-order valence-corrected chi connectivity index (χ4v) is 3.87. The normalized spacial score (nSPS) is 10.4. The van der Waals surface area contributed by atoms with Gasteiger partial charge in [0.25, 0.3) is 0 Å². The molecule has 0 heterocycles. The Morgan fingerprint density at radius 1 is 1.09 bits per heavy atom. The van der Waals surface area contributed by atoms with Crippen molar-refractivity contribution in [1.29, 1.82) is 0 Å². The first-order valence-corrected chi connectivity index (χ1v) is 8.86. The predicted octanol–water partition coefficient (Wildman–Crippen LogP) is 5.77. The van der Waals surface area contributed by atoms with Crippen LogP contribution in [0.4, 0.5) is 4.39 Å². The molecule has 0 amide bonds. The van der Waals surface area contributed by atoms with Crippen LogP contribution in [0.3, 0.4) is 0 Å². The zero-order valence-electron chi connectivity index (χ0n) is 13.4. The number of nitrogens with one attached hydrogen (secondary N) is 1. The number of hydrogen-bond acceptors (Lipinski definition) is 3. The molecule has 1 nitrogen and oxygen atoms in total. The van der Waals surface area contributed by atoms with E-state index in [0.717, 1.165) is 31.7 Å². The lowest BCUT2D eigenvalue weighted by molar-refractivity contribution is 0.623. The van der Waals surface area contributed by atoms with E-state index >= 15 is 0 Å². The van der Waals surface area contributed by atoms with E-state index in [-0.39, 0.29) is 5.82 Å². The highest BCUT2D eigenvalue weighted by Gasteiger charge is 2.06. The van der Waals surface area contributed by atoms with Gasteiger partial charge in [-0.1, -0.05) is 54.9 Å². The molecule has 1 N–H and O–H groups in total. The minimum absolute atomic E-state index is 0.218. The number of rotatable bonds is 7. The second kappa shape index (κ2) is 8.27. The molecule has 0 spiro atoms. The minimum atomic E-state index is -0.218. The van der Waals surface area contributed by atoms with E-state index < -0.39 is 0 Å². The van der Waals surface area contributed by atoms with Crippen molar-refractivity contribution < 1.29 is 4.39 Å². The SMILES string of the molecule is C=C(Cc1ccc(SC(=C)Sc2cc(F)ccc2C)cc1)NC. The van der Waals surface area contributed by atoms with Crippen LogP contribution in [-0.4, -0.2) is 7.05 Å². The lowest BCUT2D eigenvalue weighted by Crippen LogP contribution is -2.06. The van der Waals surface area contributed by atoms with Crippen LogP contribution in [0.2, 0.25) is 0 Å². The van der Waals surface area contributed by atoms with Gasteiger partial charge in [0.2, 0.25) is 0 Å². The Bertz CT molecular complexity index is 708. The zero-order chi connectivity index (χ0) is 16.8. The maximum absolute atomic E-state index is 13.3. The van der Waals surface area contributed by atoms with Crippen molar-refractivity contribution in [2.75, 3.05) is 7.05 Å². The lowest BCUT2D eigenvalue weighted by atomic mass is 10.1. The van der Waals surface area contributed by atoms with Crippen molar-refractivity contribution in [1.82, 2.24) is 5.32 Å². The van der Waals surface area contributed by atoms with E-state index in [1.54, 1.807) is 23.9 Å². The van der Waals surface area contributed by atoms with Crippen LogP contribution in [0.15, 0.2) is 75.3 Å². The first-order valence-electron chi connectivity index (χ1n) is 7.23. The molecule has 0 fully saturated rings. The predicted molar refractivity (Wildman–Crippen MR) is 100 cm³/mol. The van der Waals surface area contributed by atoms with Crippen LogP contribution in [0, 0.1) is 12.7 Å². The fraction of sp³-hybridized carbons (Fsp3) is 0.158. The first-order chi connectivity index (χ1) is 11.0. The lowest BCUT2D eigenvalue weighted by Gasteiger charge is -2.09. The van der Waals surface area contributed by atoms with Crippen molar-refractivity contribution in [3.05, 3.63) is 82.5 Å². The summed E-state index contributed by atoms with van der Waals surface area (Å²) in [6.45, 7) is 9.99. The third kappa shape index (κ3) is 5.48. The molecule has 23 heavy (non-hydrogen) atoms. The van der Waals surface area contributed by atoms with Gasteiger partial charge in [-0.2, -0.15) is 0 Å². The van der Waals surface area contributed by atoms with Crippen molar-refractivity contribution in [2.24, 2.45) is 0 Å². The van der Waals surface area contributed by atoms with Crippen LogP contribution in [-0.2, 0) is 6.42 Å². The second-order valence-corrected chi connectivity index (χ2v) is 7.72. The molecular weight excluding hydrogens is 325 g/mol. The van der Waals surface area contributed by atoms with Gasteiger partial charge in [0.1, 0.15) is 5.82 Å². The van der Waals surface area contributed by atoms with E-state index in [0.29, 0.717) is 0 Å². The van der Waals surface area contributed by atoms with Crippen LogP contribution in [0.5, 0.6) is 0 Å². The highest BCUT2D eigenvalue weighted by molar-refractivity contribution is 8.22. The molecule has 2 aromatic rings. The Morgan fingerprint density at radius 3 is 2.43 bits per heavy atom. The number of benzene rings is 2. The minimum Gasteiger partial charge on any atom is -0.392 e. The maximum atomic E-state index is 13.3. The molecule has 0 radical (unpaired) electrons. The van der Waals surface area contributed by atoms with E-state index in [1.807, 2.05) is 14.0 Å². The summed E-state index contributed by atoms with van der Waals surface area (Å²) in [4.78, 5) is 2.03. The fourth-order valence-electron chi connectivity index (χ4n) is 1.97. The molecule has 0 bridgehead atoms. The Labute approximate surface area is 146 Å². The van der Waals surface area contributed by atoms with E-state index in [4.69, 9.17) is 0 Å². The Kier molecular flexibility index (Phi) is 6.37. The number of allylic oxidation sites excluding steroid dienone is 1. The summed E-state index contributed by atoms with van der Waals surface area (Å²) in [7, 11) is 1.88. The van der Waals surface area contributed by atoms with Gasteiger partial charge in [-0.15, -0.1) is 0 Å². The summed E-state index contributed by atoms with van der Waals surface area (Å²) in [6.07, 6.45) is 0.819. The standard InChI is InChI=1S/C19H20FNS2/c1-13-5-8-17(20)12-19(13)23-15(3)22-18-9-6-16(7-10-18)11-14(2)21-4/h5-10,12,21H,2-3,11H2,1,4H3. The van der Waals surface area contributed by atoms with Gasteiger partial charge in [0.05, 0.1) is 0 Å². The molecule has 2 aromatic carbocycles. The summed E-state index contributed by atoms with van der Waals surface area (Å²) in [5.41, 5.74) is 3.26. The molecule has 0 aromatic heterocycles. The summed E-state index contributed by atoms with van der Waals surface area (Å²) < 4.78 is 14.3. The van der Waals surface area contributed by atoms with Gasteiger partial charge >= 0.3 is 0 Å². The number of thioether (sulfide) groups is 2. The molecule has 0 atom stereocenters. The Morgan fingerprint density at radius 2 is 1.78 bits per heavy atom. The monoisotopic (exact) mass is 345 g/mol. The second-order valence-electron chi connectivity index (χ2n) is 5.16. The molecule has 0 aliphatic heterocycles. The van der Waals surface area contributed by atoms with Gasteiger partial charge in [0, 0.05) is 33.2 Å². The van der Waals surface area contributed by atoms with Crippen molar-refractivity contribution in [3.63, 3.8) is 0 Å². The molecule has 4 heteroatoms. The largest absolute Gasteiger partial charge is 0.392 e. The summed E-state index contributed by atoms with van der Waals surface area (Å²) in [6, 6.07) is 13.2. The van der Waals surface area contributed by atoms with Crippen molar-refractivity contribution in [2.45, 2.75) is 23.1 Å². The summed E-state index contributed by atoms with van der Waals surface area (Å²) in [5.74, 6) is -0.218. The summed E-state index contributed by atoms with van der Waals surface area (Å²) in [5, 5.41) is 3.05. The highest BCUT2D eigenvalue weighted by Crippen LogP contribution is 2.39. The van der Waals surface area contributed by atoms with Crippen LogP contribution < -0.4 is 5.32 Å². The van der Waals surface area contributed by atoms with Crippen molar-refractivity contribution >= 4 is 23.5 Å². The van der Waals surface area contributed by atoms with Crippen LogP contribution in [0.1, 0.15) is 11.1 Å². The number of aryl methyl sites for hydroxylation is 1. The third-order valence-electron chi connectivity index (χ3n) is 3.30. The molecule has 0 unspecified atom stereocenters. The average Bonchev–Trinajstić information content (AvgIpc) is 2.52. The third-order valence-corrected chi connectivity index (χ3v) is 5.42. The zero-order valence-corrected chi connectivity index (χ0v) is 15.0.